The molecule has 0 bridgehead atoms. The lowest BCUT2D eigenvalue weighted by molar-refractivity contribution is -0.558. The molecule has 1 rings (SSSR count). The number of hydroxylamine groups is 2. The smallest absolute Gasteiger partial charge is 0.337 e. The van der Waals surface area contributed by atoms with Crippen LogP contribution in [0.3, 0.4) is 0 Å². The fraction of sp³-hybridized carbons (Fsp3) is 0.875. The van der Waals surface area contributed by atoms with Crippen LogP contribution in [0.4, 0.5) is 0 Å². The van der Waals surface area contributed by atoms with Gasteiger partial charge in [-0.1, -0.05) is 0 Å². The fourth-order valence-electron chi connectivity index (χ4n) is 1.72. The maximum absolute atomic E-state index is 11.0. The third-order valence-corrected chi connectivity index (χ3v) is 2.83. The Labute approximate surface area is 106 Å². The Morgan fingerprint density at radius 3 is 2.11 bits per heavy atom. The number of ether oxygens (including phenoxy) is 1. The largest absolute Gasteiger partial charge is 0.394 e. The molecule has 0 radical (unpaired) electrons. The Bertz CT molecular complexity index is 371. The molecular formula is C8H15NO10. The van der Waals surface area contributed by atoms with Gasteiger partial charge in [0, 0.05) is 6.92 Å². The van der Waals surface area contributed by atoms with Crippen LogP contribution in [-0.2, 0) is 9.53 Å². The molecule has 1 saturated heterocycles. The van der Waals surface area contributed by atoms with Crippen molar-refractivity contribution in [2.75, 3.05) is 6.61 Å². The second-order valence-corrected chi connectivity index (χ2v) is 4.12. The highest BCUT2D eigenvalue weighted by Crippen LogP contribution is 2.42. The van der Waals surface area contributed by atoms with E-state index in [1.807, 2.05) is 0 Å². The van der Waals surface area contributed by atoms with Crippen molar-refractivity contribution < 1.29 is 50.5 Å². The first kappa shape index (κ1) is 16.2. The van der Waals surface area contributed by atoms with Gasteiger partial charge in [-0.3, -0.25) is 10.0 Å². The topological polar surface area (TPSA) is 191 Å². The van der Waals surface area contributed by atoms with Crippen molar-refractivity contribution in [3.8, 4) is 0 Å². The first-order chi connectivity index (χ1) is 8.43. The van der Waals surface area contributed by atoms with Gasteiger partial charge in [-0.05, 0) is 0 Å². The quantitative estimate of drug-likeness (QED) is 0.138. The summed E-state index contributed by atoms with van der Waals surface area (Å²) in [7, 11) is 0. The van der Waals surface area contributed by atoms with Crippen LogP contribution >= 0.6 is 0 Å². The molecule has 1 aliphatic heterocycles. The van der Waals surface area contributed by atoms with E-state index in [-0.39, 0.29) is 0 Å². The van der Waals surface area contributed by atoms with Crippen molar-refractivity contribution in [3.05, 3.63) is 0 Å². The maximum atomic E-state index is 11.0. The molecular weight excluding hydrogens is 270 g/mol. The highest BCUT2D eigenvalue weighted by Gasteiger charge is 2.75. The number of rotatable bonds is 2. The lowest BCUT2D eigenvalue weighted by Gasteiger charge is -2.54. The summed E-state index contributed by atoms with van der Waals surface area (Å²) in [5.41, 5.74) is -3.92. The van der Waals surface area contributed by atoms with E-state index in [4.69, 9.17) is 5.11 Å². The van der Waals surface area contributed by atoms with Crippen LogP contribution in [0.15, 0.2) is 0 Å². The van der Waals surface area contributed by atoms with Gasteiger partial charge in [0.05, 0.1) is 6.61 Å². The summed E-state index contributed by atoms with van der Waals surface area (Å²) in [5.74, 6) is -9.12. The lowest BCUT2D eigenvalue weighted by atomic mass is 9.87. The van der Waals surface area contributed by atoms with Crippen LogP contribution in [0.25, 0.3) is 0 Å². The van der Waals surface area contributed by atoms with Gasteiger partial charge in [-0.15, -0.1) is 0 Å². The van der Waals surface area contributed by atoms with E-state index in [2.05, 4.69) is 4.74 Å². The van der Waals surface area contributed by atoms with Gasteiger partial charge in [0.15, 0.2) is 0 Å². The SMILES string of the molecule is CC(=O)N(O)[C@@]1(O)C(O)(O)O[C@H](CO)[C@@H](O)C1(O)O. The summed E-state index contributed by atoms with van der Waals surface area (Å²) in [4.78, 5) is 11.0. The van der Waals surface area contributed by atoms with Crippen LogP contribution < -0.4 is 0 Å². The number of carbonyl (C=O) groups is 1. The number of hydrogen-bond donors (Lipinski definition) is 8. The molecule has 3 atom stereocenters. The minimum atomic E-state index is -3.92. The predicted octanol–water partition coefficient (Wildman–Crippen LogP) is -5.02. The molecule has 1 aliphatic rings. The van der Waals surface area contributed by atoms with Crippen molar-refractivity contribution in [1.82, 2.24) is 5.06 Å². The molecule has 1 fully saturated rings. The normalized spacial score (nSPS) is 36.9. The molecule has 0 spiro atoms. The molecule has 1 amide bonds. The first-order valence-corrected chi connectivity index (χ1v) is 5.01. The van der Waals surface area contributed by atoms with Crippen LogP contribution in [0.1, 0.15) is 6.92 Å². The molecule has 19 heavy (non-hydrogen) atoms. The van der Waals surface area contributed by atoms with Gasteiger partial charge in [0.25, 0.3) is 5.79 Å². The molecule has 112 valence electrons. The zero-order valence-electron chi connectivity index (χ0n) is 9.70. The Hall–Kier alpha value is -0.890. The fourth-order valence-corrected chi connectivity index (χ4v) is 1.72. The van der Waals surface area contributed by atoms with Crippen molar-refractivity contribution in [2.24, 2.45) is 0 Å². The first-order valence-electron chi connectivity index (χ1n) is 5.01. The standard InChI is InChI=1S/C8H15NO10/c1-3(11)9(18)7(15)6(13,14)5(12)4(2-10)19-8(7,16)17/h4-5,10,12-18H,2H2,1H3/t4-,5-,7+/m1/s1. The Balaban J connectivity index is 3.39. The molecule has 0 unspecified atom stereocenters. The lowest BCUT2D eigenvalue weighted by Crippen LogP contribution is -2.84. The van der Waals surface area contributed by atoms with Gasteiger partial charge in [0.2, 0.25) is 5.91 Å². The number of amides is 1. The monoisotopic (exact) mass is 285 g/mol. The molecule has 11 heteroatoms. The summed E-state index contributed by atoms with van der Waals surface area (Å²) in [6, 6.07) is 0. The highest BCUT2D eigenvalue weighted by atomic mass is 16.8. The van der Waals surface area contributed by atoms with Crippen LogP contribution in [0.2, 0.25) is 0 Å². The van der Waals surface area contributed by atoms with Crippen LogP contribution in [0.5, 0.6) is 0 Å². The number of nitrogens with zero attached hydrogens (tertiary/aromatic N) is 1. The zero-order valence-corrected chi connectivity index (χ0v) is 9.70. The molecule has 1 heterocycles. The predicted molar refractivity (Wildman–Crippen MR) is 51.6 cm³/mol. The number of carbonyl (C=O) groups excluding carboxylic acids is 1. The molecule has 0 aromatic carbocycles. The number of aliphatic hydroxyl groups is 7. The van der Waals surface area contributed by atoms with E-state index >= 15 is 0 Å². The second kappa shape index (κ2) is 4.59. The minimum absolute atomic E-state index is 0.647. The van der Waals surface area contributed by atoms with Gasteiger partial charge < -0.3 is 40.5 Å². The summed E-state index contributed by atoms with van der Waals surface area (Å²) in [5, 5.41) is 74.7. The van der Waals surface area contributed by atoms with E-state index in [1.54, 1.807) is 0 Å². The van der Waals surface area contributed by atoms with E-state index in [1.165, 1.54) is 0 Å². The molecule has 0 aromatic heterocycles. The van der Waals surface area contributed by atoms with Crippen LogP contribution in [0, 0.1) is 0 Å². The summed E-state index contributed by atoms with van der Waals surface area (Å²) in [6.07, 6.45) is -4.38. The van der Waals surface area contributed by atoms with Crippen molar-refractivity contribution in [3.63, 3.8) is 0 Å². The zero-order chi connectivity index (χ0) is 15.2. The van der Waals surface area contributed by atoms with Crippen molar-refractivity contribution >= 4 is 5.91 Å². The van der Waals surface area contributed by atoms with E-state index < -0.39 is 47.3 Å². The molecule has 0 saturated carbocycles. The maximum Gasteiger partial charge on any atom is 0.337 e. The summed E-state index contributed by atoms with van der Waals surface area (Å²) < 4.78 is 4.24. The Morgan fingerprint density at radius 1 is 1.26 bits per heavy atom. The van der Waals surface area contributed by atoms with Gasteiger partial charge in [0.1, 0.15) is 12.2 Å². The van der Waals surface area contributed by atoms with Crippen LogP contribution in [-0.4, -0.2) is 88.2 Å². The van der Waals surface area contributed by atoms with Gasteiger partial charge in [-0.25, -0.2) is 0 Å². The summed E-state index contributed by atoms with van der Waals surface area (Å²) >= 11 is 0. The molecule has 8 N–H and O–H groups in total. The van der Waals surface area contributed by atoms with Gasteiger partial charge in [-0.2, -0.15) is 5.06 Å². The molecule has 0 aliphatic carbocycles. The van der Waals surface area contributed by atoms with E-state index in [0.717, 1.165) is 0 Å². The molecule has 0 aromatic rings. The number of hydrogen-bond acceptors (Lipinski definition) is 10. The van der Waals surface area contributed by atoms with Crippen molar-refractivity contribution in [2.45, 2.75) is 36.6 Å². The van der Waals surface area contributed by atoms with E-state index in [9.17, 15) is 40.6 Å². The Kier molecular flexibility index (Phi) is 3.90. The highest BCUT2D eigenvalue weighted by molar-refractivity contribution is 5.72. The van der Waals surface area contributed by atoms with Gasteiger partial charge >= 0.3 is 11.7 Å². The average molecular weight is 285 g/mol. The summed E-state index contributed by atoms with van der Waals surface area (Å²) in [6.45, 7) is -0.427. The second-order valence-electron chi connectivity index (χ2n) is 4.12. The Morgan fingerprint density at radius 2 is 1.74 bits per heavy atom. The third-order valence-electron chi connectivity index (χ3n) is 2.83. The van der Waals surface area contributed by atoms with E-state index in [0.29, 0.717) is 6.92 Å². The number of aliphatic hydroxyl groups excluding tert-OH is 2. The average Bonchev–Trinajstić information content (AvgIpc) is 2.30. The third kappa shape index (κ3) is 2.01. The molecule has 11 nitrogen and oxygen atoms in total. The van der Waals surface area contributed by atoms with Crippen molar-refractivity contribution in [1.29, 1.82) is 0 Å². The minimum Gasteiger partial charge on any atom is -0.394 e.